The van der Waals surface area contributed by atoms with Gasteiger partial charge in [0.2, 0.25) is 5.91 Å². The van der Waals surface area contributed by atoms with Crippen molar-refractivity contribution >= 4 is 13.7 Å². The number of carbonyl (C=O) groups is 1. The molecule has 0 saturated heterocycles. The third-order valence-corrected chi connectivity index (χ3v) is 16.5. The number of nitrogens with zero attached hydrogens (tertiary/aromatic N) is 1. The average Bonchev–Trinajstić information content (AvgIpc) is 3.36. The highest BCUT2D eigenvalue weighted by atomic mass is 31.2. The van der Waals surface area contributed by atoms with E-state index in [4.69, 9.17) is 9.05 Å². The molecular formula is C65H131N2O6P. The largest absolute Gasteiger partial charge is 0.756 e. The summed E-state index contributed by atoms with van der Waals surface area (Å²) >= 11 is 0. The maximum absolute atomic E-state index is 13.0. The summed E-state index contributed by atoms with van der Waals surface area (Å²) in [7, 11) is 1.28. The van der Waals surface area contributed by atoms with Crippen LogP contribution in [0.15, 0.2) is 12.2 Å². The first-order valence-electron chi connectivity index (χ1n) is 33.1. The Morgan fingerprint density at radius 2 is 0.730 bits per heavy atom. The van der Waals surface area contributed by atoms with E-state index >= 15 is 0 Å². The Balaban J connectivity index is 3.91. The first-order valence-corrected chi connectivity index (χ1v) is 34.5. The van der Waals surface area contributed by atoms with Gasteiger partial charge in [-0.1, -0.05) is 334 Å². The van der Waals surface area contributed by atoms with Gasteiger partial charge in [0, 0.05) is 6.42 Å². The van der Waals surface area contributed by atoms with Crippen molar-refractivity contribution in [2.24, 2.45) is 0 Å². The topological polar surface area (TPSA) is 108 Å². The van der Waals surface area contributed by atoms with Gasteiger partial charge in [-0.05, 0) is 19.3 Å². The molecule has 0 aliphatic carbocycles. The zero-order valence-electron chi connectivity index (χ0n) is 50.6. The molecule has 9 heteroatoms. The molecule has 442 valence electrons. The Hall–Kier alpha value is -0.760. The number of quaternary nitrogens is 1. The minimum atomic E-state index is -4.59. The van der Waals surface area contributed by atoms with Crippen LogP contribution in [0, 0.1) is 0 Å². The molecule has 0 fully saturated rings. The smallest absolute Gasteiger partial charge is 0.268 e. The number of hydrogen-bond donors (Lipinski definition) is 2. The molecule has 3 unspecified atom stereocenters. The molecule has 0 bridgehead atoms. The van der Waals surface area contributed by atoms with Gasteiger partial charge in [-0.25, -0.2) is 0 Å². The zero-order valence-corrected chi connectivity index (χ0v) is 51.5. The van der Waals surface area contributed by atoms with Crippen molar-refractivity contribution < 1.29 is 32.9 Å². The normalized spacial score (nSPS) is 13.8. The molecule has 3 atom stereocenters. The van der Waals surface area contributed by atoms with Crippen LogP contribution < -0.4 is 10.2 Å². The molecule has 0 aromatic carbocycles. The van der Waals surface area contributed by atoms with Crippen LogP contribution in [0.1, 0.15) is 348 Å². The zero-order chi connectivity index (χ0) is 54.2. The molecule has 0 saturated carbocycles. The lowest BCUT2D eigenvalue weighted by molar-refractivity contribution is -0.870. The quantitative estimate of drug-likeness (QED) is 0.0272. The van der Waals surface area contributed by atoms with Gasteiger partial charge in [-0.3, -0.25) is 9.36 Å². The molecule has 1 amide bonds. The average molecular weight is 1070 g/mol. The number of likely N-dealkylation sites (N-methyl/N-ethyl adjacent to an activating group) is 1. The van der Waals surface area contributed by atoms with Crippen LogP contribution in [0.5, 0.6) is 0 Å². The number of phosphoric ester groups is 1. The molecule has 0 aliphatic rings. The van der Waals surface area contributed by atoms with Crippen LogP contribution in [0.4, 0.5) is 0 Å². The van der Waals surface area contributed by atoms with Gasteiger partial charge < -0.3 is 28.8 Å². The highest BCUT2D eigenvalue weighted by Gasteiger charge is 2.23. The fourth-order valence-corrected chi connectivity index (χ4v) is 11.1. The molecule has 8 nitrogen and oxygen atoms in total. The van der Waals surface area contributed by atoms with Gasteiger partial charge in [0.25, 0.3) is 7.82 Å². The van der Waals surface area contributed by atoms with Crippen molar-refractivity contribution in [1.29, 1.82) is 0 Å². The van der Waals surface area contributed by atoms with Crippen molar-refractivity contribution in [3.05, 3.63) is 12.2 Å². The van der Waals surface area contributed by atoms with Crippen LogP contribution in [-0.2, 0) is 18.4 Å². The Bertz CT molecular complexity index is 1210. The third-order valence-electron chi connectivity index (χ3n) is 15.5. The second-order valence-electron chi connectivity index (χ2n) is 24.2. The fourth-order valence-electron chi connectivity index (χ4n) is 10.3. The van der Waals surface area contributed by atoms with Crippen molar-refractivity contribution in [3.63, 3.8) is 0 Å². The number of rotatable bonds is 62. The van der Waals surface area contributed by atoms with Crippen molar-refractivity contribution in [2.45, 2.75) is 360 Å². The van der Waals surface area contributed by atoms with E-state index in [0.717, 1.165) is 38.5 Å². The van der Waals surface area contributed by atoms with Gasteiger partial charge in [0.15, 0.2) is 0 Å². The predicted octanol–water partition coefficient (Wildman–Crippen LogP) is 19.9. The molecule has 0 rings (SSSR count). The van der Waals surface area contributed by atoms with Gasteiger partial charge in [0.05, 0.1) is 39.9 Å². The van der Waals surface area contributed by atoms with Gasteiger partial charge in [-0.15, -0.1) is 0 Å². The highest BCUT2D eigenvalue weighted by Crippen LogP contribution is 2.38. The molecule has 0 aromatic heterocycles. The summed E-state index contributed by atoms with van der Waals surface area (Å²) in [6, 6.07) is -0.882. The number of amides is 1. The minimum Gasteiger partial charge on any atom is -0.756 e. The Labute approximate surface area is 462 Å². The molecule has 2 N–H and O–H groups in total. The second-order valence-corrected chi connectivity index (χ2v) is 25.6. The number of aliphatic hydroxyl groups is 1. The summed E-state index contributed by atoms with van der Waals surface area (Å²) in [5, 5.41) is 13.9. The lowest BCUT2D eigenvalue weighted by atomic mass is 10.0. The van der Waals surface area contributed by atoms with Crippen LogP contribution >= 0.6 is 7.82 Å². The molecule has 0 aromatic rings. The number of allylic oxidation sites excluding steroid dienone is 1. The summed E-state index contributed by atoms with van der Waals surface area (Å²) in [5.41, 5.74) is 0. The number of hydrogen-bond acceptors (Lipinski definition) is 6. The monoisotopic (exact) mass is 1070 g/mol. The van der Waals surface area contributed by atoms with E-state index in [2.05, 4.69) is 19.2 Å². The van der Waals surface area contributed by atoms with E-state index in [1.807, 2.05) is 27.2 Å². The number of aliphatic hydroxyl groups excluding tert-OH is 1. The number of unbranched alkanes of at least 4 members (excludes halogenated alkanes) is 49. The van der Waals surface area contributed by atoms with E-state index < -0.39 is 20.0 Å². The molecule has 0 radical (unpaired) electrons. The summed E-state index contributed by atoms with van der Waals surface area (Å²) < 4.78 is 23.4. The maximum atomic E-state index is 13.0. The van der Waals surface area contributed by atoms with Crippen LogP contribution in [0.25, 0.3) is 0 Å². The highest BCUT2D eigenvalue weighted by molar-refractivity contribution is 7.45. The number of nitrogens with one attached hydrogen (secondary N) is 1. The minimum absolute atomic E-state index is 0.00269. The Morgan fingerprint density at radius 1 is 0.459 bits per heavy atom. The first kappa shape index (κ1) is 73.2. The van der Waals surface area contributed by atoms with E-state index in [1.165, 1.54) is 289 Å². The fraction of sp³-hybridized carbons (Fsp3) is 0.954. The molecule has 74 heavy (non-hydrogen) atoms. The predicted molar refractivity (Wildman–Crippen MR) is 321 cm³/mol. The third kappa shape index (κ3) is 58.9. The number of carbonyl (C=O) groups excluding carboxylic acids is 1. The van der Waals surface area contributed by atoms with Gasteiger partial charge >= 0.3 is 0 Å². The number of phosphoric acid groups is 1. The van der Waals surface area contributed by atoms with Crippen LogP contribution in [0.2, 0.25) is 0 Å². The summed E-state index contributed by atoms with van der Waals surface area (Å²) in [5.74, 6) is -0.189. The molecular weight excluding hydrogens is 936 g/mol. The van der Waals surface area contributed by atoms with Crippen LogP contribution in [0.3, 0.4) is 0 Å². The SMILES string of the molecule is CCCCCCCCCCCCCCCC/C=C/C(O)C(COP(=O)([O-])OCC[N+](C)(C)C)NC(=O)CCCCCCCCCCCCCCCCCCCCCCCCCCCCCCCCCCCCCC. The second kappa shape index (κ2) is 56.9. The van der Waals surface area contributed by atoms with Crippen molar-refractivity contribution in [1.82, 2.24) is 5.32 Å². The molecule has 0 spiro atoms. The molecule has 0 aliphatic heterocycles. The Morgan fingerprint density at radius 3 is 1.01 bits per heavy atom. The summed E-state index contributed by atoms with van der Waals surface area (Å²) in [6.45, 7) is 4.70. The van der Waals surface area contributed by atoms with E-state index in [0.29, 0.717) is 17.4 Å². The molecule has 0 heterocycles. The van der Waals surface area contributed by atoms with Gasteiger partial charge in [-0.2, -0.15) is 0 Å². The van der Waals surface area contributed by atoms with Crippen LogP contribution in [-0.4, -0.2) is 68.5 Å². The summed E-state index contributed by atoms with van der Waals surface area (Å²) in [6.07, 6.45) is 71.9. The Kier molecular flexibility index (Phi) is 56.4. The van der Waals surface area contributed by atoms with Crippen molar-refractivity contribution in [2.75, 3.05) is 40.9 Å². The van der Waals surface area contributed by atoms with E-state index in [1.54, 1.807) is 6.08 Å². The standard InChI is InChI=1S/C65H131N2O6P/c1-6-8-10-12-14-16-18-20-22-24-25-26-27-28-29-30-31-32-33-34-35-36-37-38-39-40-41-42-43-45-47-49-51-53-55-57-59-65(69)66-63(62-73-74(70,71)72-61-60-67(3,4)5)64(68)58-56-54-52-50-48-46-44-23-21-19-17-15-13-11-9-7-2/h56,58,63-64,68H,6-55,57,59-62H2,1-5H3,(H-,66,69,70,71)/b58-56+. The van der Waals surface area contributed by atoms with E-state index in [9.17, 15) is 19.4 Å². The van der Waals surface area contributed by atoms with Gasteiger partial charge in [0.1, 0.15) is 13.2 Å². The lowest BCUT2D eigenvalue weighted by Crippen LogP contribution is -2.45. The summed E-state index contributed by atoms with van der Waals surface area (Å²) in [4.78, 5) is 25.5. The van der Waals surface area contributed by atoms with Crippen molar-refractivity contribution in [3.8, 4) is 0 Å². The first-order chi connectivity index (χ1) is 36.0. The lowest BCUT2D eigenvalue weighted by Gasteiger charge is -2.29. The maximum Gasteiger partial charge on any atom is 0.268 e. The van der Waals surface area contributed by atoms with E-state index in [-0.39, 0.29) is 19.1 Å².